The number of amides is 1. The number of fused-ring (bicyclic) bond motifs is 1. The molecule has 0 saturated heterocycles. The lowest BCUT2D eigenvalue weighted by molar-refractivity contribution is 0.0995. The molecule has 4 rings (SSSR count). The first-order chi connectivity index (χ1) is 14.8. The van der Waals surface area contributed by atoms with E-state index >= 15 is 0 Å². The largest absolute Gasteiger partial charge is 0.493 e. The van der Waals surface area contributed by atoms with E-state index in [9.17, 15) is 13.2 Å². The van der Waals surface area contributed by atoms with Gasteiger partial charge >= 0.3 is 6.01 Å². The molecule has 0 unspecified atom stereocenters. The molecule has 2 aromatic carbocycles. The Hall–Kier alpha value is -3.70. The van der Waals surface area contributed by atoms with E-state index in [1.165, 1.54) is 33.3 Å². The van der Waals surface area contributed by atoms with Crippen LogP contribution in [0.25, 0.3) is 22.4 Å². The van der Waals surface area contributed by atoms with Crippen LogP contribution in [0.2, 0.25) is 0 Å². The standard InChI is InChI=1S/C20H18N4O6S/c1-24(2)31(26,27)14-9-7-12(8-10-14)19-22-23-20(30-19)21-18(25)16-11-13-5-4-6-15(28-3)17(13)29-16/h4-11H,1-3H3,(H,21,23,25). The van der Waals surface area contributed by atoms with Crippen LogP contribution in [0, 0.1) is 0 Å². The lowest BCUT2D eigenvalue weighted by Gasteiger charge is -2.11. The molecule has 1 amide bonds. The summed E-state index contributed by atoms with van der Waals surface area (Å²) in [5.41, 5.74) is 0.952. The lowest BCUT2D eigenvalue weighted by atomic mass is 10.2. The van der Waals surface area contributed by atoms with E-state index in [2.05, 4.69) is 15.5 Å². The van der Waals surface area contributed by atoms with E-state index in [0.29, 0.717) is 22.3 Å². The summed E-state index contributed by atoms with van der Waals surface area (Å²) in [4.78, 5) is 12.6. The minimum Gasteiger partial charge on any atom is -0.493 e. The highest BCUT2D eigenvalue weighted by molar-refractivity contribution is 7.89. The molecule has 11 heteroatoms. The predicted octanol–water partition coefficient (Wildman–Crippen LogP) is 2.99. The minimum atomic E-state index is -3.54. The van der Waals surface area contributed by atoms with Gasteiger partial charge in [-0.15, -0.1) is 5.10 Å². The molecular formula is C20H18N4O6S. The van der Waals surface area contributed by atoms with Crippen molar-refractivity contribution in [3.05, 3.63) is 54.3 Å². The molecular weight excluding hydrogens is 424 g/mol. The van der Waals surface area contributed by atoms with Gasteiger partial charge in [-0.05, 0) is 36.4 Å². The summed E-state index contributed by atoms with van der Waals surface area (Å²) >= 11 is 0. The van der Waals surface area contributed by atoms with Crippen LogP contribution in [0.1, 0.15) is 10.6 Å². The predicted molar refractivity (Wildman–Crippen MR) is 111 cm³/mol. The van der Waals surface area contributed by atoms with Gasteiger partial charge in [-0.25, -0.2) is 12.7 Å². The summed E-state index contributed by atoms with van der Waals surface area (Å²) in [6, 6.07) is 12.7. The molecule has 160 valence electrons. The third-order valence-corrected chi connectivity index (χ3v) is 6.31. The summed E-state index contributed by atoms with van der Waals surface area (Å²) in [5.74, 6) is 0.116. The number of nitrogens with one attached hydrogen (secondary N) is 1. The number of rotatable bonds is 6. The smallest absolute Gasteiger partial charge is 0.322 e. The van der Waals surface area contributed by atoms with Gasteiger partial charge in [-0.3, -0.25) is 10.1 Å². The first-order valence-electron chi connectivity index (χ1n) is 9.04. The Morgan fingerprint density at radius 2 is 1.81 bits per heavy atom. The molecule has 0 aliphatic carbocycles. The van der Waals surface area contributed by atoms with Crippen molar-refractivity contribution >= 4 is 32.9 Å². The molecule has 0 radical (unpaired) electrons. The lowest BCUT2D eigenvalue weighted by Crippen LogP contribution is -2.22. The van der Waals surface area contributed by atoms with Gasteiger partial charge in [0.1, 0.15) is 0 Å². The molecule has 0 fully saturated rings. The van der Waals surface area contributed by atoms with Gasteiger partial charge in [-0.2, -0.15) is 0 Å². The topological polar surface area (TPSA) is 128 Å². The third kappa shape index (κ3) is 3.88. The Bertz CT molecular complexity index is 1360. The van der Waals surface area contributed by atoms with Crippen LogP contribution in [0.5, 0.6) is 5.75 Å². The Kier molecular flexibility index (Phi) is 5.21. The molecule has 0 bridgehead atoms. The van der Waals surface area contributed by atoms with Crippen LogP contribution in [0.15, 0.2) is 62.3 Å². The second-order valence-electron chi connectivity index (χ2n) is 6.67. The molecule has 1 N–H and O–H groups in total. The van der Waals surface area contributed by atoms with Crippen LogP contribution in [0.3, 0.4) is 0 Å². The second kappa shape index (κ2) is 7.85. The molecule has 2 heterocycles. The van der Waals surface area contributed by atoms with Crippen molar-refractivity contribution in [3.63, 3.8) is 0 Å². The molecule has 4 aromatic rings. The summed E-state index contributed by atoms with van der Waals surface area (Å²) in [5, 5.41) is 10.9. The number of sulfonamides is 1. The summed E-state index contributed by atoms with van der Waals surface area (Å²) in [6.07, 6.45) is 0. The zero-order chi connectivity index (χ0) is 22.2. The molecule has 0 atom stereocenters. The number of anilines is 1. The third-order valence-electron chi connectivity index (χ3n) is 4.48. The van der Waals surface area contributed by atoms with Gasteiger partial charge in [0.15, 0.2) is 17.1 Å². The molecule has 0 aliphatic rings. The van der Waals surface area contributed by atoms with Crippen LogP contribution >= 0.6 is 0 Å². The highest BCUT2D eigenvalue weighted by Gasteiger charge is 2.19. The van der Waals surface area contributed by atoms with E-state index in [-0.39, 0.29) is 22.6 Å². The van der Waals surface area contributed by atoms with Crippen LogP contribution in [-0.2, 0) is 10.0 Å². The molecule has 0 saturated carbocycles. The first-order valence-corrected chi connectivity index (χ1v) is 10.5. The van der Waals surface area contributed by atoms with Crippen LogP contribution in [0.4, 0.5) is 6.01 Å². The number of para-hydroxylation sites is 1. The van der Waals surface area contributed by atoms with E-state index in [0.717, 1.165) is 4.31 Å². The molecule has 10 nitrogen and oxygen atoms in total. The van der Waals surface area contributed by atoms with Gasteiger partial charge in [0.2, 0.25) is 15.9 Å². The van der Waals surface area contributed by atoms with Crippen molar-refractivity contribution in [2.24, 2.45) is 0 Å². The maximum Gasteiger partial charge on any atom is 0.322 e. The van der Waals surface area contributed by atoms with Crippen molar-refractivity contribution in [2.75, 3.05) is 26.5 Å². The van der Waals surface area contributed by atoms with Crippen molar-refractivity contribution in [1.29, 1.82) is 0 Å². The molecule has 2 aromatic heterocycles. The maximum atomic E-state index is 12.5. The average molecular weight is 442 g/mol. The second-order valence-corrected chi connectivity index (χ2v) is 8.82. The van der Waals surface area contributed by atoms with Gasteiger partial charge in [0.05, 0.1) is 12.0 Å². The number of carbonyl (C=O) groups excluding carboxylic acids is 1. The molecule has 31 heavy (non-hydrogen) atoms. The van der Waals surface area contributed by atoms with E-state index in [4.69, 9.17) is 13.6 Å². The maximum absolute atomic E-state index is 12.5. The average Bonchev–Trinajstić information content (AvgIpc) is 3.40. The molecule has 0 aliphatic heterocycles. The Morgan fingerprint density at radius 1 is 1.06 bits per heavy atom. The Balaban J connectivity index is 1.52. The number of hydrogen-bond acceptors (Lipinski definition) is 8. The van der Waals surface area contributed by atoms with Gasteiger partial charge in [0.25, 0.3) is 5.91 Å². The monoisotopic (exact) mass is 442 g/mol. The van der Waals surface area contributed by atoms with Crippen LogP contribution < -0.4 is 10.1 Å². The Labute approximate surface area is 177 Å². The number of carbonyl (C=O) groups is 1. The van der Waals surface area contributed by atoms with Gasteiger partial charge in [-0.1, -0.05) is 17.2 Å². The van der Waals surface area contributed by atoms with Crippen molar-refractivity contribution < 1.29 is 26.8 Å². The zero-order valence-electron chi connectivity index (χ0n) is 16.8. The summed E-state index contributed by atoms with van der Waals surface area (Å²) in [7, 11) is 0.876. The fourth-order valence-corrected chi connectivity index (χ4v) is 3.74. The number of hydrogen-bond donors (Lipinski definition) is 1. The Morgan fingerprint density at radius 3 is 2.48 bits per heavy atom. The van der Waals surface area contributed by atoms with Crippen LogP contribution in [-0.4, -0.2) is 50.0 Å². The number of benzene rings is 2. The normalized spacial score (nSPS) is 11.7. The van der Waals surface area contributed by atoms with Crippen molar-refractivity contribution in [1.82, 2.24) is 14.5 Å². The van der Waals surface area contributed by atoms with Crippen molar-refractivity contribution in [2.45, 2.75) is 4.90 Å². The fourth-order valence-electron chi connectivity index (χ4n) is 2.84. The summed E-state index contributed by atoms with van der Waals surface area (Å²) in [6.45, 7) is 0. The SMILES string of the molecule is COc1cccc2cc(C(=O)Nc3nnc(-c4ccc(S(=O)(=O)N(C)C)cc4)o3)oc12. The van der Waals surface area contributed by atoms with Crippen molar-refractivity contribution in [3.8, 4) is 17.2 Å². The quantitative estimate of drug-likeness (QED) is 0.483. The summed E-state index contributed by atoms with van der Waals surface area (Å²) < 4.78 is 41.7. The number of ether oxygens (including phenoxy) is 1. The highest BCUT2D eigenvalue weighted by Crippen LogP contribution is 2.29. The van der Waals surface area contributed by atoms with Gasteiger partial charge in [0, 0.05) is 25.0 Å². The molecule has 0 spiro atoms. The number of methoxy groups -OCH3 is 1. The van der Waals surface area contributed by atoms with E-state index in [1.54, 1.807) is 36.4 Å². The first kappa shape index (κ1) is 20.6. The minimum absolute atomic E-state index is 0.0532. The van der Waals surface area contributed by atoms with Gasteiger partial charge < -0.3 is 13.6 Å². The fraction of sp³-hybridized carbons (Fsp3) is 0.150. The zero-order valence-corrected chi connectivity index (χ0v) is 17.6. The number of furan rings is 1. The number of nitrogens with zero attached hydrogens (tertiary/aromatic N) is 3. The number of aromatic nitrogens is 2. The van der Waals surface area contributed by atoms with E-state index < -0.39 is 15.9 Å². The van der Waals surface area contributed by atoms with E-state index in [1.807, 2.05) is 0 Å². The highest BCUT2D eigenvalue weighted by atomic mass is 32.2.